The van der Waals surface area contributed by atoms with Gasteiger partial charge in [0.1, 0.15) is 11.9 Å². The second-order valence-corrected chi connectivity index (χ2v) is 7.91. The number of aromatic amines is 1. The number of halogens is 1. The van der Waals surface area contributed by atoms with Crippen molar-refractivity contribution in [2.45, 2.75) is 19.4 Å². The van der Waals surface area contributed by atoms with Crippen LogP contribution in [0, 0.1) is 6.92 Å². The summed E-state index contributed by atoms with van der Waals surface area (Å²) in [5, 5.41) is 7.45. The van der Waals surface area contributed by atoms with E-state index in [-0.39, 0.29) is 12.0 Å². The molecule has 0 fully saturated rings. The number of H-pyrrole nitrogens is 1. The molecule has 8 heteroatoms. The summed E-state index contributed by atoms with van der Waals surface area (Å²) < 4.78 is 0. The Morgan fingerprint density at radius 3 is 2.78 bits per heavy atom. The largest absolute Gasteiger partial charge is 0.368 e. The number of anilines is 2. The summed E-state index contributed by atoms with van der Waals surface area (Å²) in [5.41, 5.74) is 9.42. The topological polar surface area (TPSA) is 113 Å². The molecule has 0 saturated carbocycles. The molecule has 32 heavy (non-hydrogen) atoms. The molecule has 4 aromatic rings. The third-order valence-electron chi connectivity index (χ3n) is 5.25. The van der Waals surface area contributed by atoms with Crippen LogP contribution >= 0.6 is 11.6 Å². The number of para-hydroxylation sites is 1. The monoisotopic (exact) mass is 447 g/mol. The fraction of sp³-hybridized carbons (Fsp3) is 0.125. The molecule has 2 aromatic heterocycles. The molecule has 0 aliphatic heterocycles. The van der Waals surface area contributed by atoms with Crippen molar-refractivity contribution in [2.75, 3.05) is 5.32 Å². The number of carbonyl (C=O) groups excluding carboxylic acids is 2. The van der Waals surface area contributed by atoms with E-state index in [1.807, 2.05) is 43.5 Å². The zero-order valence-corrected chi connectivity index (χ0v) is 18.1. The Hall–Kier alpha value is -3.84. The van der Waals surface area contributed by atoms with Gasteiger partial charge in [0, 0.05) is 40.4 Å². The van der Waals surface area contributed by atoms with E-state index in [1.165, 1.54) is 0 Å². The molecule has 0 aliphatic rings. The van der Waals surface area contributed by atoms with Gasteiger partial charge in [-0.2, -0.15) is 0 Å². The van der Waals surface area contributed by atoms with Crippen LogP contribution in [0.2, 0.25) is 5.02 Å². The second kappa shape index (κ2) is 9.11. The maximum Gasteiger partial charge on any atom is 0.255 e. The van der Waals surface area contributed by atoms with Gasteiger partial charge in [-0.05, 0) is 48.4 Å². The zero-order chi connectivity index (χ0) is 22.7. The highest BCUT2D eigenvalue weighted by atomic mass is 35.5. The van der Waals surface area contributed by atoms with Crippen LogP contribution < -0.4 is 16.4 Å². The van der Waals surface area contributed by atoms with E-state index >= 15 is 0 Å². The van der Waals surface area contributed by atoms with E-state index in [4.69, 9.17) is 17.3 Å². The molecule has 0 unspecified atom stereocenters. The first kappa shape index (κ1) is 21.4. The number of fused-ring (bicyclic) bond motifs is 1. The Balaban J connectivity index is 1.57. The third-order valence-corrected chi connectivity index (χ3v) is 5.49. The van der Waals surface area contributed by atoms with Crippen molar-refractivity contribution >= 4 is 45.8 Å². The van der Waals surface area contributed by atoms with E-state index in [9.17, 15) is 9.59 Å². The average Bonchev–Trinajstić information content (AvgIpc) is 3.19. The SMILES string of the molecule is Cc1ccc(Cl)cc1Nc1ncccc1C(=O)N[C@@H](Cc1c[nH]c2ccccc12)C(N)=O. The van der Waals surface area contributed by atoms with Gasteiger partial charge in [-0.15, -0.1) is 0 Å². The molecular weight excluding hydrogens is 426 g/mol. The van der Waals surface area contributed by atoms with Crippen LogP contribution in [0.3, 0.4) is 0 Å². The Bertz CT molecular complexity index is 1300. The van der Waals surface area contributed by atoms with Crippen molar-refractivity contribution in [1.29, 1.82) is 0 Å². The van der Waals surface area contributed by atoms with Gasteiger partial charge in [-0.3, -0.25) is 9.59 Å². The summed E-state index contributed by atoms with van der Waals surface area (Å²) in [6.45, 7) is 1.92. The predicted octanol–water partition coefficient (Wildman–Crippen LogP) is 4.09. The molecule has 162 valence electrons. The van der Waals surface area contributed by atoms with Crippen LogP contribution in [0.5, 0.6) is 0 Å². The number of amides is 2. The summed E-state index contributed by atoms with van der Waals surface area (Å²) in [4.78, 5) is 32.7. The van der Waals surface area contributed by atoms with Crippen molar-refractivity contribution in [3.8, 4) is 0 Å². The molecule has 0 radical (unpaired) electrons. The fourth-order valence-electron chi connectivity index (χ4n) is 3.52. The Kier molecular flexibility index (Phi) is 6.09. The molecule has 1 atom stereocenters. The molecule has 2 aromatic carbocycles. The predicted molar refractivity (Wildman–Crippen MR) is 126 cm³/mol. The summed E-state index contributed by atoms with van der Waals surface area (Å²) in [5.74, 6) is -0.720. The fourth-order valence-corrected chi connectivity index (χ4v) is 3.70. The summed E-state index contributed by atoms with van der Waals surface area (Å²) in [6.07, 6.45) is 3.67. The second-order valence-electron chi connectivity index (χ2n) is 7.48. The minimum atomic E-state index is -0.886. The number of rotatable bonds is 7. The molecular formula is C24H22ClN5O2. The van der Waals surface area contributed by atoms with Crippen molar-refractivity contribution in [1.82, 2.24) is 15.3 Å². The first-order valence-electron chi connectivity index (χ1n) is 10.1. The highest BCUT2D eigenvalue weighted by molar-refractivity contribution is 6.30. The lowest BCUT2D eigenvalue weighted by atomic mass is 10.0. The van der Waals surface area contributed by atoms with Gasteiger partial charge in [0.25, 0.3) is 5.91 Å². The van der Waals surface area contributed by atoms with Gasteiger partial charge in [0.2, 0.25) is 5.91 Å². The van der Waals surface area contributed by atoms with Crippen LogP contribution in [-0.2, 0) is 11.2 Å². The van der Waals surface area contributed by atoms with Crippen LogP contribution in [-0.4, -0.2) is 27.8 Å². The van der Waals surface area contributed by atoms with E-state index in [1.54, 1.807) is 30.5 Å². The average molecular weight is 448 g/mol. The molecule has 4 rings (SSSR count). The number of carbonyl (C=O) groups is 2. The first-order valence-corrected chi connectivity index (χ1v) is 10.4. The van der Waals surface area contributed by atoms with Crippen LogP contribution in [0.1, 0.15) is 21.5 Å². The van der Waals surface area contributed by atoms with Gasteiger partial charge < -0.3 is 21.4 Å². The number of aromatic nitrogens is 2. The number of pyridine rings is 1. The number of benzene rings is 2. The van der Waals surface area contributed by atoms with Crippen LogP contribution in [0.25, 0.3) is 10.9 Å². The Labute approximate surface area is 190 Å². The molecule has 2 heterocycles. The van der Waals surface area contributed by atoms with Gasteiger partial charge in [-0.25, -0.2) is 4.98 Å². The first-order chi connectivity index (χ1) is 15.4. The standard InChI is InChI=1S/C24H22ClN5O2/c1-14-8-9-16(25)12-20(14)29-23-18(6-4-10-27-23)24(32)30-21(22(26)31)11-15-13-28-19-7-3-2-5-17(15)19/h2-10,12-13,21,28H,11H2,1H3,(H2,26,31)(H,27,29)(H,30,32)/t21-/m0/s1. The minimum absolute atomic E-state index is 0.265. The number of nitrogens with two attached hydrogens (primary N) is 1. The van der Waals surface area contributed by atoms with Gasteiger partial charge in [0.15, 0.2) is 0 Å². The van der Waals surface area contributed by atoms with E-state index in [2.05, 4.69) is 20.6 Å². The number of aryl methyl sites for hydroxylation is 1. The lowest BCUT2D eigenvalue weighted by Crippen LogP contribution is -2.46. The maximum absolute atomic E-state index is 13.1. The normalized spacial score (nSPS) is 11.8. The zero-order valence-electron chi connectivity index (χ0n) is 17.4. The van der Waals surface area contributed by atoms with Crippen LogP contribution in [0.15, 0.2) is 67.0 Å². The summed E-state index contributed by atoms with van der Waals surface area (Å²) in [6, 6.07) is 15.6. The minimum Gasteiger partial charge on any atom is -0.368 e. The number of hydrogen-bond acceptors (Lipinski definition) is 4. The van der Waals surface area contributed by atoms with Gasteiger partial charge in [0.05, 0.1) is 5.56 Å². The van der Waals surface area contributed by atoms with E-state index in [0.717, 1.165) is 27.7 Å². The molecule has 7 nitrogen and oxygen atoms in total. The number of nitrogens with zero attached hydrogens (tertiary/aromatic N) is 1. The van der Waals surface area contributed by atoms with Crippen LogP contribution in [0.4, 0.5) is 11.5 Å². The van der Waals surface area contributed by atoms with Crippen molar-refractivity contribution < 1.29 is 9.59 Å². The van der Waals surface area contributed by atoms with Crippen molar-refractivity contribution in [3.05, 3.63) is 88.7 Å². The molecule has 0 saturated heterocycles. The highest BCUT2D eigenvalue weighted by Crippen LogP contribution is 2.25. The van der Waals surface area contributed by atoms with E-state index in [0.29, 0.717) is 10.8 Å². The van der Waals surface area contributed by atoms with E-state index < -0.39 is 17.9 Å². The van der Waals surface area contributed by atoms with Crippen molar-refractivity contribution in [3.63, 3.8) is 0 Å². The number of nitrogens with one attached hydrogen (secondary N) is 3. The maximum atomic E-state index is 13.1. The molecule has 5 N–H and O–H groups in total. The molecule has 0 bridgehead atoms. The molecule has 2 amide bonds. The highest BCUT2D eigenvalue weighted by Gasteiger charge is 2.23. The lowest BCUT2D eigenvalue weighted by molar-refractivity contribution is -0.119. The third kappa shape index (κ3) is 4.58. The summed E-state index contributed by atoms with van der Waals surface area (Å²) >= 11 is 6.10. The quantitative estimate of drug-likeness (QED) is 0.341. The smallest absolute Gasteiger partial charge is 0.255 e. The lowest BCUT2D eigenvalue weighted by Gasteiger charge is -2.17. The number of primary amides is 1. The van der Waals surface area contributed by atoms with Gasteiger partial charge >= 0.3 is 0 Å². The summed E-state index contributed by atoms with van der Waals surface area (Å²) in [7, 11) is 0. The Morgan fingerprint density at radius 2 is 1.97 bits per heavy atom. The molecule has 0 aliphatic carbocycles. The molecule has 0 spiro atoms. The number of hydrogen-bond donors (Lipinski definition) is 4. The Morgan fingerprint density at radius 1 is 1.16 bits per heavy atom. The van der Waals surface area contributed by atoms with Gasteiger partial charge in [-0.1, -0.05) is 35.9 Å². The van der Waals surface area contributed by atoms with Crippen molar-refractivity contribution in [2.24, 2.45) is 5.73 Å².